The monoisotopic (exact) mass is 453 g/mol. The zero-order chi connectivity index (χ0) is 23.8. The van der Waals surface area contributed by atoms with E-state index in [2.05, 4.69) is 5.32 Å². The van der Waals surface area contributed by atoms with Gasteiger partial charge in [0, 0.05) is 17.0 Å². The number of rotatable bonds is 4. The van der Waals surface area contributed by atoms with E-state index in [1.165, 1.54) is 12.1 Å². The highest BCUT2D eigenvalue weighted by Crippen LogP contribution is 2.38. The molecule has 34 heavy (non-hydrogen) atoms. The van der Waals surface area contributed by atoms with E-state index in [9.17, 15) is 14.0 Å². The molecule has 0 saturated heterocycles. The molecule has 5 nitrogen and oxygen atoms in total. The first-order valence-corrected chi connectivity index (χ1v) is 11.2. The van der Waals surface area contributed by atoms with Crippen LogP contribution in [0.3, 0.4) is 0 Å². The van der Waals surface area contributed by atoms with Gasteiger partial charge in [0.25, 0.3) is 5.91 Å². The SMILES string of the molecule is Cc1cccc(C(=O)N[C@@H]2C(=O)Cc3c(c(C)nn3-c3ccccc3)[C@H]2c2ccc(F)cc2)c1. The number of amides is 1. The Balaban J connectivity index is 1.62. The van der Waals surface area contributed by atoms with Crippen molar-refractivity contribution in [2.75, 3.05) is 0 Å². The number of hydrogen-bond donors (Lipinski definition) is 1. The molecule has 1 heterocycles. The van der Waals surface area contributed by atoms with Gasteiger partial charge in [-0.3, -0.25) is 9.59 Å². The minimum Gasteiger partial charge on any atom is -0.341 e. The van der Waals surface area contributed by atoms with Crippen LogP contribution >= 0.6 is 0 Å². The maximum Gasteiger partial charge on any atom is 0.251 e. The fraction of sp³-hybridized carbons (Fsp3) is 0.179. The molecule has 0 radical (unpaired) electrons. The number of Topliss-reactive ketones (excluding diaryl/α,β-unsaturated/α-hetero) is 1. The maximum atomic E-state index is 13.7. The minimum absolute atomic E-state index is 0.111. The average Bonchev–Trinajstić information content (AvgIpc) is 3.16. The highest BCUT2D eigenvalue weighted by molar-refractivity contribution is 6.00. The number of aryl methyl sites for hydroxylation is 2. The fourth-order valence-corrected chi connectivity index (χ4v) is 4.78. The number of nitrogens with one attached hydrogen (secondary N) is 1. The lowest BCUT2D eigenvalue weighted by atomic mass is 9.76. The first-order valence-electron chi connectivity index (χ1n) is 11.2. The molecule has 0 saturated carbocycles. The molecule has 0 bridgehead atoms. The van der Waals surface area contributed by atoms with Crippen molar-refractivity contribution in [2.45, 2.75) is 32.2 Å². The molecule has 3 aromatic carbocycles. The van der Waals surface area contributed by atoms with Gasteiger partial charge in [-0.05, 0) is 55.8 Å². The summed E-state index contributed by atoms with van der Waals surface area (Å²) in [5, 5.41) is 7.72. The summed E-state index contributed by atoms with van der Waals surface area (Å²) in [5.74, 6) is -1.27. The smallest absolute Gasteiger partial charge is 0.251 e. The Morgan fingerprint density at radius 1 is 1.00 bits per heavy atom. The Bertz CT molecular complexity index is 1380. The van der Waals surface area contributed by atoms with Gasteiger partial charge < -0.3 is 5.32 Å². The molecule has 6 heteroatoms. The van der Waals surface area contributed by atoms with Crippen LogP contribution in [0.2, 0.25) is 0 Å². The second kappa shape index (κ2) is 8.71. The molecule has 0 fully saturated rings. The van der Waals surface area contributed by atoms with Crippen molar-refractivity contribution in [1.29, 1.82) is 0 Å². The zero-order valence-corrected chi connectivity index (χ0v) is 19.0. The Hall–Kier alpha value is -4.06. The Morgan fingerprint density at radius 3 is 2.44 bits per heavy atom. The van der Waals surface area contributed by atoms with Gasteiger partial charge in [0.2, 0.25) is 0 Å². The molecule has 1 aromatic heterocycles. The molecule has 0 aliphatic heterocycles. The van der Waals surface area contributed by atoms with E-state index in [0.717, 1.165) is 33.8 Å². The van der Waals surface area contributed by atoms with Crippen LogP contribution in [0.25, 0.3) is 5.69 Å². The second-order valence-electron chi connectivity index (χ2n) is 8.69. The van der Waals surface area contributed by atoms with Crippen LogP contribution in [0, 0.1) is 19.7 Å². The maximum absolute atomic E-state index is 13.7. The summed E-state index contributed by atoms with van der Waals surface area (Å²) in [4.78, 5) is 26.6. The number of halogens is 1. The normalized spacial score (nSPS) is 17.3. The summed E-state index contributed by atoms with van der Waals surface area (Å²) in [6.45, 7) is 3.82. The van der Waals surface area contributed by atoms with Gasteiger partial charge in [0.1, 0.15) is 5.82 Å². The van der Waals surface area contributed by atoms with Gasteiger partial charge >= 0.3 is 0 Å². The zero-order valence-electron chi connectivity index (χ0n) is 19.0. The summed E-state index contributed by atoms with van der Waals surface area (Å²) < 4.78 is 15.5. The number of fused-ring (bicyclic) bond motifs is 1. The van der Waals surface area contributed by atoms with Crippen molar-refractivity contribution in [1.82, 2.24) is 15.1 Å². The van der Waals surface area contributed by atoms with Gasteiger partial charge in [-0.15, -0.1) is 0 Å². The number of hydrogen-bond acceptors (Lipinski definition) is 3. The van der Waals surface area contributed by atoms with Crippen molar-refractivity contribution >= 4 is 11.7 Å². The van der Waals surface area contributed by atoms with Crippen LogP contribution in [-0.4, -0.2) is 27.5 Å². The van der Waals surface area contributed by atoms with Crippen LogP contribution in [0.4, 0.5) is 4.39 Å². The van der Waals surface area contributed by atoms with Gasteiger partial charge in [-0.1, -0.05) is 48.0 Å². The van der Waals surface area contributed by atoms with Crippen LogP contribution in [0.1, 0.15) is 44.4 Å². The van der Waals surface area contributed by atoms with Gasteiger partial charge in [-0.2, -0.15) is 5.10 Å². The molecule has 4 aromatic rings. The first kappa shape index (κ1) is 21.8. The lowest BCUT2D eigenvalue weighted by Crippen LogP contribution is -2.48. The number of carbonyl (C=O) groups excluding carboxylic acids is 2. The Labute approximate surface area is 197 Å². The molecular formula is C28H24FN3O2. The molecule has 1 aliphatic carbocycles. The highest BCUT2D eigenvalue weighted by atomic mass is 19.1. The first-order chi connectivity index (χ1) is 16.4. The lowest BCUT2D eigenvalue weighted by Gasteiger charge is -2.32. The largest absolute Gasteiger partial charge is 0.341 e. The van der Waals surface area contributed by atoms with E-state index in [4.69, 9.17) is 5.10 Å². The third kappa shape index (κ3) is 3.92. The van der Waals surface area contributed by atoms with Crippen LogP contribution < -0.4 is 5.32 Å². The number of carbonyl (C=O) groups is 2. The van der Waals surface area contributed by atoms with Gasteiger partial charge in [0.15, 0.2) is 5.78 Å². The number of aromatic nitrogens is 2. The van der Waals surface area contributed by atoms with E-state index in [-0.39, 0.29) is 23.9 Å². The molecule has 0 unspecified atom stereocenters. The average molecular weight is 454 g/mol. The van der Waals surface area contributed by atoms with Crippen molar-refractivity contribution in [3.05, 3.63) is 118 Å². The van der Waals surface area contributed by atoms with Crippen molar-refractivity contribution < 1.29 is 14.0 Å². The van der Waals surface area contributed by atoms with Crippen LogP contribution in [0.15, 0.2) is 78.9 Å². The molecule has 5 rings (SSSR count). The van der Waals surface area contributed by atoms with E-state index >= 15 is 0 Å². The standard InChI is InChI=1S/C28H24FN3O2/c1-17-7-6-8-20(15-17)28(34)30-27-24(33)16-23-25(26(27)19-11-13-21(29)14-12-19)18(2)31-32(23)22-9-4-3-5-10-22/h3-15,26-27H,16H2,1-2H3,(H,30,34)/t26-,27-/m1/s1. The topological polar surface area (TPSA) is 64.0 Å². The summed E-state index contributed by atoms with van der Waals surface area (Å²) in [6.07, 6.45) is 0.140. The molecule has 170 valence electrons. The van der Waals surface area contributed by atoms with Crippen molar-refractivity contribution in [2.24, 2.45) is 0 Å². The fourth-order valence-electron chi connectivity index (χ4n) is 4.78. The Morgan fingerprint density at radius 2 is 1.74 bits per heavy atom. The van der Waals surface area contributed by atoms with Crippen LogP contribution in [0.5, 0.6) is 0 Å². The minimum atomic E-state index is -0.793. The highest BCUT2D eigenvalue weighted by Gasteiger charge is 2.41. The van der Waals surface area contributed by atoms with Crippen LogP contribution in [-0.2, 0) is 11.2 Å². The predicted molar refractivity (Wildman–Crippen MR) is 128 cm³/mol. The van der Waals surface area contributed by atoms with Gasteiger partial charge in [-0.25, -0.2) is 9.07 Å². The van der Waals surface area contributed by atoms with E-state index < -0.39 is 12.0 Å². The predicted octanol–water partition coefficient (Wildman–Crippen LogP) is 4.68. The number of ketones is 1. The molecule has 1 aliphatic rings. The van der Waals surface area contributed by atoms with Crippen molar-refractivity contribution in [3.8, 4) is 5.69 Å². The molecule has 1 amide bonds. The molecule has 2 atom stereocenters. The van der Waals surface area contributed by atoms with Gasteiger partial charge in [0.05, 0.1) is 29.5 Å². The van der Waals surface area contributed by atoms with E-state index in [1.54, 1.807) is 28.9 Å². The van der Waals surface area contributed by atoms with E-state index in [1.807, 2.05) is 56.3 Å². The summed E-state index contributed by atoms with van der Waals surface area (Å²) in [6, 6.07) is 22.2. The summed E-state index contributed by atoms with van der Waals surface area (Å²) >= 11 is 0. The summed E-state index contributed by atoms with van der Waals surface area (Å²) in [5.41, 5.74) is 5.53. The third-order valence-electron chi connectivity index (χ3n) is 6.34. The molecular weight excluding hydrogens is 429 g/mol. The third-order valence-corrected chi connectivity index (χ3v) is 6.34. The van der Waals surface area contributed by atoms with E-state index in [0.29, 0.717) is 5.56 Å². The number of para-hydroxylation sites is 1. The molecule has 0 spiro atoms. The Kier molecular flexibility index (Phi) is 5.57. The number of benzene rings is 3. The number of nitrogens with zero attached hydrogens (tertiary/aromatic N) is 2. The summed E-state index contributed by atoms with van der Waals surface area (Å²) in [7, 11) is 0. The second-order valence-corrected chi connectivity index (χ2v) is 8.69. The molecule has 1 N–H and O–H groups in total. The van der Waals surface area contributed by atoms with Crippen molar-refractivity contribution in [3.63, 3.8) is 0 Å². The lowest BCUT2D eigenvalue weighted by molar-refractivity contribution is -0.121. The quantitative estimate of drug-likeness (QED) is 0.488.